The summed E-state index contributed by atoms with van der Waals surface area (Å²) in [4.78, 5) is 0. The van der Waals surface area contributed by atoms with E-state index in [9.17, 15) is 8.78 Å². The molecule has 0 aliphatic rings. The summed E-state index contributed by atoms with van der Waals surface area (Å²) in [5.41, 5.74) is 7.28. The molecule has 0 saturated heterocycles. The lowest BCUT2D eigenvalue weighted by atomic mass is 10.1. The van der Waals surface area contributed by atoms with Crippen LogP contribution in [0, 0.1) is 0 Å². The average molecular weight is 210 g/mol. The van der Waals surface area contributed by atoms with E-state index in [0.717, 1.165) is 16.5 Å². The van der Waals surface area contributed by atoms with Gasteiger partial charge in [-0.05, 0) is 23.1 Å². The van der Waals surface area contributed by atoms with Crippen molar-refractivity contribution >= 4 is 10.9 Å². The number of hydrogen-bond acceptors (Lipinski definition) is 1. The van der Waals surface area contributed by atoms with Crippen LogP contribution in [0.25, 0.3) is 10.9 Å². The standard InChI is InChI=1S/C11H12F2N2/c12-11(13)7-15-4-3-9-2-1-8(6-14)5-10(9)15/h1-5,11H,6-7,14H2. The first-order chi connectivity index (χ1) is 7.20. The third kappa shape index (κ3) is 1.99. The number of halogens is 2. The quantitative estimate of drug-likeness (QED) is 0.828. The second-order valence-corrected chi connectivity index (χ2v) is 3.46. The van der Waals surface area contributed by atoms with Crippen LogP contribution < -0.4 is 5.73 Å². The van der Waals surface area contributed by atoms with Gasteiger partial charge in [0.25, 0.3) is 6.43 Å². The summed E-state index contributed by atoms with van der Waals surface area (Å²) in [7, 11) is 0. The Balaban J connectivity index is 2.46. The van der Waals surface area contributed by atoms with Gasteiger partial charge in [-0.2, -0.15) is 0 Å². The van der Waals surface area contributed by atoms with E-state index < -0.39 is 6.43 Å². The Bertz CT molecular complexity index is 463. The van der Waals surface area contributed by atoms with Crippen molar-refractivity contribution in [1.29, 1.82) is 0 Å². The molecule has 15 heavy (non-hydrogen) atoms. The molecular weight excluding hydrogens is 198 g/mol. The van der Waals surface area contributed by atoms with Gasteiger partial charge in [-0.1, -0.05) is 12.1 Å². The monoisotopic (exact) mass is 210 g/mol. The molecule has 0 atom stereocenters. The normalized spacial score (nSPS) is 11.5. The average Bonchev–Trinajstić information content (AvgIpc) is 2.60. The number of aromatic nitrogens is 1. The van der Waals surface area contributed by atoms with Crippen LogP contribution in [-0.2, 0) is 13.1 Å². The Morgan fingerprint density at radius 2 is 2.07 bits per heavy atom. The second kappa shape index (κ2) is 3.98. The summed E-state index contributed by atoms with van der Waals surface area (Å²) < 4.78 is 26.1. The van der Waals surface area contributed by atoms with Crippen LogP contribution in [0.4, 0.5) is 8.78 Å². The fourth-order valence-corrected chi connectivity index (χ4v) is 1.66. The van der Waals surface area contributed by atoms with E-state index in [1.54, 1.807) is 10.8 Å². The number of rotatable bonds is 3. The van der Waals surface area contributed by atoms with E-state index >= 15 is 0 Å². The van der Waals surface area contributed by atoms with Gasteiger partial charge in [0.15, 0.2) is 0 Å². The lowest BCUT2D eigenvalue weighted by Gasteiger charge is -2.05. The van der Waals surface area contributed by atoms with Crippen molar-refractivity contribution in [3.8, 4) is 0 Å². The summed E-state index contributed by atoms with van der Waals surface area (Å²) >= 11 is 0. The molecule has 0 amide bonds. The van der Waals surface area contributed by atoms with Crippen LogP contribution in [0.5, 0.6) is 0 Å². The van der Waals surface area contributed by atoms with Crippen molar-refractivity contribution in [3.63, 3.8) is 0 Å². The Kier molecular flexibility index (Phi) is 2.68. The first kappa shape index (κ1) is 10.1. The van der Waals surface area contributed by atoms with E-state index in [4.69, 9.17) is 5.73 Å². The Labute approximate surface area is 86.3 Å². The highest BCUT2D eigenvalue weighted by molar-refractivity contribution is 5.80. The van der Waals surface area contributed by atoms with Gasteiger partial charge in [-0.15, -0.1) is 0 Å². The third-order valence-corrected chi connectivity index (χ3v) is 2.41. The predicted molar refractivity (Wildman–Crippen MR) is 55.8 cm³/mol. The lowest BCUT2D eigenvalue weighted by molar-refractivity contribution is 0.128. The van der Waals surface area contributed by atoms with Crippen LogP contribution in [-0.4, -0.2) is 11.0 Å². The number of benzene rings is 1. The zero-order valence-electron chi connectivity index (χ0n) is 8.16. The van der Waals surface area contributed by atoms with Crippen molar-refractivity contribution in [2.24, 2.45) is 5.73 Å². The maximum atomic E-state index is 12.3. The van der Waals surface area contributed by atoms with E-state index in [0.29, 0.717) is 6.54 Å². The number of alkyl halides is 2. The second-order valence-electron chi connectivity index (χ2n) is 3.46. The summed E-state index contributed by atoms with van der Waals surface area (Å²) in [6, 6.07) is 7.50. The number of fused-ring (bicyclic) bond motifs is 1. The third-order valence-electron chi connectivity index (χ3n) is 2.41. The highest BCUT2D eigenvalue weighted by atomic mass is 19.3. The number of nitrogens with two attached hydrogens (primary N) is 1. The molecule has 0 radical (unpaired) electrons. The zero-order valence-corrected chi connectivity index (χ0v) is 8.16. The van der Waals surface area contributed by atoms with Crippen LogP contribution in [0.3, 0.4) is 0 Å². The fourth-order valence-electron chi connectivity index (χ4n) is 1.66. The van der Waals surface area contributed by atoms with Crippen LogP contribution in [0.1, 0.15) is 5.56 Å². The van der Waals surface area contributed by atoms with Gasteiger partial charge in [-0.25, -0.2) is 8.78 Å². The van der Waals surface area contributed by atoms with Gasteiger partial charge in [-0.3, -0.25) is 0 Å². The Hall–Kier alpha value is -1.42. The van der Waals surface area contributed by atoms with Crippen molar-refractivity contribution in [3.05, 3.63) is 36.0 Å². The topological polar surface area (TPSA) is 30.9 Å². The highest BCUT2D eigenvalue weighted by Crippen LogP contribution is 2.18. The number of nitrogens with zero attached hydrogens (tertiary/aromatic N) is 1. The van der Waals surface area contributed by atoms with Crippen molar-refractivity contribution in [2.45, 2.75) is 19.5 Å². The molecule has 0 bridgehead atoms. The van der Waals surface area contributed by atoms with Crippen molar-refractivity contribution in [2.75, 3.05) is 0 Å². The zero-order chi connectivity index (χ0) is 10.8. The maximum Gasteiger partial charge on any atom is 0.256 e. The SMILES string of the molecule is NCc1ccc2ccn(CC(F)F)c2c1. The van der Waals surface area contributed by atoms with Gasteiger partial charge in [0.1, 0.15) is 0 Å². The summed E-state index contributed by atoms with van der Waals surface area (Å²) in [6.07, 6.45) is -0.654. The summed E-state index contributed by atoms with van der Waals surface area (Å²) in [5.74, 6) is 0. The summed E-state index contributed by atoms with van der Waals surface area (Å²) in [5, 5.41) is 0.966. The Morgan fingerprint density at radius 3 is 2.73 bits per heavy atom. The molecule has 1 aromatic heterocycles. The minimum atomic E-state index is -2.33. The first-order valence-electron chi connectivity index (χ1n) is 4.76. The van der Waals surface area contributed by atoms with Crippen molar-refractivity contribution < 1.29 is 8.78 Å². The molecule has 80 valence electrons. The molecule has 2 N–H and O–H groups in total. The molecule has 4 heteroatoms. The fraction of sp³-hybridized carbons (Fsp3) is 0.273. The highest BCUT2D eigenvalue weighted by Gasteiger charge is 2.07. The predicted octanol–water partition coefficient (Wildman–Crippen LogP) is 2.37. The van der Waals surface area contributed by atoms with E-state index in [2.05, 4.69) is 0 Å². The molecule has 1 heterocycles. The van der Waals surface area contributed by atoms with Gasteiger partial charge < -0.3 is 10.3 Å². The van der Waals surface area contributed by atoms with E-state index in [1.807, 2.05) is 24.3 Å². The summed E-state index contributed by atoms with van der Waals surface area (Å²) in [6.45, 7) is 0.160. The van der Waals surface area contributed by atoms with Crippen molar-refractivity contribution in [1.82, 2.24) is 4.57 Å². The van der Waals surface area contributed by atoms with Gasteiger partial charge in [0, 0.05) is 18.3 Å². The molecule has 0 unspecified atom stereocenters. The molecule has 1 aromatic carbocycles. The lowest BCUT2D eigenvalue weighted by Crippen LogP contribution is -2.05. The van der Waals surface area contributed by atoms with Crippen LogP contribution in [0.15, 0.2) is 30.5 Å². The van der Waals surface area contributed by atoms with Gasteiger partial charge >= 0.3 is 0 Å². The molecule has 0 aliphatic heterocycles. The van der Waals surface area contributed by atoms with Gasteiger partial charge in [0.2, 0.25) is 0 Å². The molecule has 2 aromatic rings. The molecule has 2 rings (SSSR count). The largest absolute Gasteiger partial charge is 0.342 e. The molecule has 2 nitrogen and oxygen atoms in total. The molecule has 0 fully saturated rings. The molecule has 0 saturated carbocycles. The Morgan fingerprint density at radius 1 is 1.27 bits per heavy atom. The molecule has 0 aliphatic carbocycles. The van der Waals surface area contributed by atoms with E-state index in [1.165, 1.54) is 0 Å². The van der Waals surface area contributed by atoms with Crippen LogP contribution >= 0.6 is 0 Å². The molecular formula is C11H12F2N2. The minimum Gasteiger partial charge on any atom is -0.342 e. The first-order valence-corrected chi connectivity index (χ1v) is 4.76. The molecule has 0 spiro atoms. The van der Waals surface area contributed by atoms with Crippen LogP contribution in [0.2, 0.25) is 0 Å². The van der Waals surface area contributed by atoms with Gasteiger partial charge in [0.05, 0.1) is 6.54 Å². The smallest absolute Gasteiger partial charge is 0.256 e. The number of hydrogen-bond donors (Lipinski definition) is 1. The maximum absolute atomic E-state index is 12.3. The minimum absolute atomic E-state index is 0.266. The van der Waals surface area contributed by atoms with E-state index in [-0.39, 0.29) is 6.54 Å².